The van der Waals surface area contributed by atoms with E-state index in [0.29, 0.717) is 13.0 Å². The summed E-state index contributed by atoms with van der Waals surface area (Å²) in [5.74, 6) is -0.882. The third-order valence-corrected chi connectivity index (χ3v) is 3.01. The number of rotatable bonds is 3. The Labute approximate surface area is 99.1 Å². The summed E-state index contributed by atoms with van der Waals surface area (Å²) >= 11 is 0. The molecule has 0 bridgehead atoms. The molecule has 2 rings (SSSR count). The Bertz CT molecular complexity index is 336. The standard InChI is InChI=1S/C11H16N2O4/c14-9-4-3-8(11(16)13-9)12-10(15)6-7-2-1-5-17-7/h7-8H,1-6H2,(H,12,15)(H,13,14,16). The van der Waals surface area contributed by atoms with Crippen LogP contribution >= 0.6 is 0 Å². The molecule has 2 fully saturated rings. The maximum Gasteiger partial charge on any atom is 0.249 e. The lowest BCUT2D eigenvalue weighted by Crippen LogP contribution is -2.52. The van der Waals surface area contributed by atoms with Crippen LogP contribution < -0.4 is 10.6 Å². The van der Waals surface area contributed by atoms with Crippen molar-refractivity contribution in [3.8, 4) is 0 Å². The molecule has 2 aliphatic heterocycles. The van der Waals surface area contributed by atoms with Crippen LogP contribution in [-0.2, 0) is 19.1 Å². The second-order valence-corrected chi connectivity index (χ2v) is 4.41. The zero-order valence-corrected chi connectivity index (χ0v) is 9.53. The molecule has 2 atom stereocenters. The number of hydrogen-bond donors (Lipinski definition) is 2. The van der Waals surface area contributed by atoms with Crippen LogP contribution in [0.15, 0.2) is 0 Å². The van der Waals surface area contributed by atoms with Gasteiger partial charge in [0.05, 0.1) is 12.5 Å². The summed E-state index contributed by atoms with van der Waals surface area (Å²) < 4.78 is 5.34. The molecule has 6 heteroatoms. The van der Waals surface area contributed by atoms with E-state index in [1.807, 2.05) is 0 Å². The summed E-state index contributed by atoms with van der Waals surface area (Å²) in [6.07, 6.45) is 2.79. The summed E-state index contributed by atoms with van der Waals surface area (Å²) in [5, 5.41) is 4.84. The molecule has 0 radical (unpaired) electrons. The molecule has 0 aliphatic carbocycles. The van der Waals surface area contributed by atoms with Crippen molar-refractivity contribution in [1.82, 2.24) is 10.6 Å². The first-order valence-electron chi connectivity index (χ1n) is 5.90. The van der Waals surface area contributed by atoms with E-state index in [-0.39, 0.29) is 30.8 Å². The minimum Gasteiger partial charge on any atom is -0.378 e. The fourth-order valence-corrected chi connectivity index (χ4v) is 2.10. The fraction of sp³-hybridized carbons (Fsp3) is 0.727. The Morgan fingerprint density at radius 1 is 1.41 bits per heavy atom. The van der Waals surface area contributed by atoms with E-state index in [2.05, 4.69) is 10.6 Å². The molecule has 2 unspecified atom stereocenters. The average Bonchev–Trinajstić information content (AvgIpc) is 2.75. The number of piperidine rings is 1. The van der Waals surface area contributed by atoms with Gasteiger partial charge in [-0.15, -0.1) is 0 Å². The minimum absolute atomic E-state index is 0.0247. The van der Waals surface area contributed by atoms with Crippen molar-refractivity contribution in [2.24, 2.45) is 0 Å². The van der Waals surface area contributed by atoms with Crippen LogP contribution in [-0.4, -0.2) is 36.5 Å². The highest BCUT2D eigenvalue weighted by Crippen LogP contribution is 2.15. The molecule has 0 aromatic carbocycles. The smallest absolute Gasteiger partial charge is 0.249 e. The summed E-state index contributed by atoms with van der Waals surface area (Å²) in [7, 11) is 0. The number of hydrogen-bond acceptors (Lipinski definition) is 4. The molecule has 0 aromatic rings. The first-order chi connectivity index (χ1) is 8.15. The van der Waals surface area contributed by atoms with Crippen LogP contribution in [0, 0.1) is 0 Å². The second kappa shape index (κ2) is 5.27. The van der Waals surface area contributed by atoms with Crippen LogP contribution in [0.4, 0.5) is 0 Å². The maximum atomic E-state index is 11.6. The lowest BCUT2D eigenvalue weighted by molar-refractivity contribution is -0.137. The number of carbonyl (C=O) groups excluding carboxylic acids is 3. The van der Waals surface area contributed by atoms with E-state index in [1.165, 1.54) is 0 Å². The molecule has 94 valence electrons. The maximum absolute atomic E-state index is 11.6. The van der Waals surface area contributed by atoms with Crippen LogP contribution in [0.1, 0.15) is 32.1 Å². The van der Waals surface area contributed by atoms with Crippen molar-refractivity contribution in [2.75, 3.05) is 6.61 Å². The summed E-state index contributed by atoms with van der Waals surface area (Å²) in [6, 6.07) is -0.582. The first-order valence-corrected chi connectivity index (χ1v) is 5.90. The van der Waals surface area contributed by atoms with Crippen molar-refractivity contribution < 1.29 is 19.1 Å². The predicted molar refractivity (Wildman–Crippen MR) is 57.9 cm³/mol. The molecule has 2 saturated heterocycles. The van der Waals surface area contributed by atoms with Crippen LogP contribution in [0.5, 0.6) is 0 Å². The van der Waals surface area contributed by atoms with Gasteiger partial charge in [-0.2, -0.15) is 0 Å². The van der Waals surface area contributed by atoms with Gasteiger partial charge in [-0.3, -0.25) is 19.7 Å². The Hall–Kier alpha value is -1.43. The van der Waals surface area contributed by atoms with Crippen molar-refractivity contribution in [3.63, 3.8) is 0 Å². The minimum atomic E-state index is -0.582. The van der Waals surface area contributed by atoms with Gasteiger partial charge in [-0.25, -0.2) is 0 Å². The normalized spacial score (nSPS) is 28.9. The highest BCUT2D eigenvalue weighted by Gasteiger charge is 2.28. The fourth-order valence-electron chi connectivity index (χ4n) is 2.10. The molecule has 2 heterocycles. The van der Waals surface area contributed by atoms with E-state index in [1.54, 1.807) is 0 Å². The zero-order valence-electron chi connectivity index (χ0n) is 9.53. The summed E-state index contributed by atoms with van der Waals surface area (Å²) in [5.41, 5.74) is 0. The van der Waals surface area contributed by atoms with Gasteiger partial charge in [0.25, 0.3) is 0 Å². The number of ether oxygens (including phenoxy) is 1. The summed E-state index contributed by atoms with van der Waals surface area (Å²) in [4.78, 5) is 34.0. The zero-order chi connectivity index (χ0) is 12.3. The van der Waals surface area contributed by atoms with Crippen molar-refractivity contribution in [3.05, 3.63) is 0 Å². The largest absolute Gasteiger partial charge is 0.378 e. The SMILES string of the molecule is O=C1CCC(NC(=O)CC2CCCO2)C(=O)N1. The molecule has 0 saturated carbocycles. The lowest BCUT2D eigenvalue weighted by Gasteiger charge is -2.22. The lowest BCUT2D eigenvalue weighted by atomic mass is 10.1. The molecule has 2 aliphatic rings. The van der Waals surface area contributed by atoms with Gasteiger partial charge >= 0.3 is 0 Å². The quantitative estimate of drug-likeness (QED) is 0.650. The van der Waals surface area contributed by atoms with Crippen LogP contribution in [0.25, 0.3) is 0 Å². The van der Waals surface area contributed by atoms with Gasteiger partial charge in [0.2, 0.25) is 17.7 Å². The van der Waals surface area contributed by atoms with Crippen molar-refractivity contribution in [1.29, 1.82) is 0 Å². The number of carbonyl (C=O) groups is 3. The molecule has 6 nitrogen and oxygen atoms in total. The van der Waals surface area contributed by atoms with E-state index in [9.17, 15) is 14.4 Å². The van der Waals surface area contributed by atoms with Crippen molar-refractivity contribution in [2.45, 2.75) is 44.2 Å². The monoisotopic (exact) mass is 240 g/mol. The summed E-state index contributed by atoms with van der Waals surface area (Å²) in [6.45, 7) is 0.705. The predicted octanol–water partition coefficient (Wildman–Crippen LogP) is -0.523. The molecular formula is C11H16N2O4. The van der Waals surface area contributed by atoms with Gasteiger partial charge in [0, 0.05) is 13.0 Å². The molecule has 17 heavy (non-hydrogen) atoms. The number of nitrogens with one attached hydrogen (secondary N) is 2. The molecule has 0 aromatic heterocycles. The number of amides is 3. The van der Waals surface area contributed by atoms with Gasteiger partial charge in [-0.05, 0) is 19.3 Å². The molecular weight excluding hydrogens is 224 g/mol. The Balaban J connectivity index is 1.77. The van der Waals surface area contributed by atoms with Crippen LogP contribution in [0.2, 0.25) is 0 Å². The van der Waals surface area contributed by atoms with Crippen molar-refractivity contribution >= 4 is 17.7 Å². The van der Waals surface area contributed by atoms with Crippen LogP contribution in [0.3, 0.4) is 0 Å². The Morgan fingerprint density at radius 2 is 2.24 bits per heavy atom. The number of imide groups is 1. The first kappa shape index (κ1) is 12.0. The Kier molecular flexibility index (Phi) is 3.73. The van der Waals surface area contributed by atoms with E-state index in [0.717, 1.165) is 12.8 Å². The molecule has 0 spiro atoms. The molecule has 2 N–H and O–H groups in total. The van der Waals surface area contributed by atoms with Gasteiger partial charge in [0.1, 0.15) is 6.04 Å². The Morgan fingerprint density at radius 3 is 2.88 bits per heavy atom. The van der Waals surface area contributed by atoms with Gasteiger partial charge in [-0.1, -0.05) is 0 Å². The van der Waals surface area contributed by atoms with Gasteiger partial charge < -0.3 is 10.1 Å². The highest BCUT2D eigenvalue weighted by molar-refractivity contribution is 6.01. The third kappa shape index (κ3) is 3.26. The van der Waals surface area contributed by atoms with E-state index < -0.39 is 11.9 Å². The topological polar surface area (TPSA) is 84.5 Å². The third-order valence-electron chi connectivity index (χ3n) is 3.01. The van der Waals surface area contributed by atoms with Gasteiger partial charge in [0.15, 0.2) is 0 Å². The second-order valence-electron chi connectivity index (χ2n) is 4.41. The van der Waals surface area contributed by atoms with E-state index >= 15 is 0 Å². The average molecular weight is 240 g/mol. The molecule has 3 amide bonds. The highest BCUT2D eigenvalue weighted by atomic mass is 16.5. The van der Waals surface area contributed by atoms with E-state index in [4.69, 9.17) is 4.74 Å².